The number of ether oxygens (including phenoxy) is 2. The Balaban J connectivity index is 2.99. The zero-order chi connectivity index (χ0) is 15.2. The SMILES string of the molecule is COC(=O)/C=C/C(C(=O)OC(C)(C)C)c1ccccc1. The maximum absolute atomic E-state index is 12.2. The van der Waals surface area contributed by atoms with E-state index < -0.39 is 23.5 Å². The van der Waals surface area contributed by atoms with E-state index in [-0.39, 0.29) is 0 Å². The van der Waals surface area contributed by atoms with Gasteiger partial charge in [-0.05, 0) is 26.3 Å². The van der Waals surface area contributed by atoms with Crippen molar-refractivity contribution in [3.63, 3.8) is 0 Å². The summed E-state index contributed by atoms with van der Waals surface area (Å²) >= 11 is 0. The second-order valence-corrected chi connectivity index (χ2v) is 5.30. The van der Waals surface area contributed by atoms with Crippen LogP contribution in [0.1, 0.15) is 32.3 Å². The average molecular weight is 276 g/mol. The van der Waals surface area contributed by atoms with Gasteiger partial charge >= 0.3 is 11.9 Å². The van der Waals surface area contributed by atoms with Crippen molar-refractivity contribution in [2.45, 2.75) is 32.3 Å². The highest BCUT2D eigenvalue weighted by atomic mass is 16.6. The number of rotatable bonds is 4. The highest BCUT2D eigenvalue weighted by molar-refractivity contribution is 5.86. The molecule has 20 heavy (non-hydrogen) atoms. The third-order valence-electron chi connectivity index (χ3n) is 2.45. The summed E-state index contributed by atoms with van der Waals surface area (Å²) in [5, 5.41) is 0. The largest absolute Gasteiger partial charge is 0.466 e. The average Bonchev–Trinajstić information content (AvgIpc) is 2.37. The van der Waals surface area contributed by atoms with Gasteiger partial charge in [-0.2, -0.15) is 0 Å². The van der Waals surface area contributed by atoms with E-state index in [2.05, 4.69) is 4.74 Å². The quantitative estimate of drug-likeness (QED) is 0.627. The number of hydrogen-bond donors (Lipinski definition) is 0. The van der Waals surface area contributed by atoms with E-state index >= 15 is 0 Å². The first-order valence-corrected chi connectivity index (χ1v) is 6.37. The molecule has 1 aromatic rings. The third-order valence-corrected chi connectivity index (χ3v) is 2.45. The van der Waals surface area contributed by atoms with Crippen LogP contribution >= 0.6 is 0 Å². The molecule has 4 nitrogen and oxygen atoms in total. The number of hydrogen-bond acceptors (Lipinski definition) is 4. The van der Waals surface area contributed by atoms with Crippen molar-refractivity contribution >= 4 is 11.9 Å². The number of methoxy groups -OCH3 is 1. The van der Waals surface area contributed by atoms with Gasteiger partial charge in [-0.3, -0.25) is 4.79 Å². The fourth-order valence-corrected chi connectivity index (χ4v) is 1.59. The Morgan fingerprint density at radius 3 is 2.25 bits per heavy atom. The predicted octanol–water partition coefficient (Wildman–Crippen LogP) is 2.84. The van der Waals surface area contributed by atoms with Crippen LogP contribution in [0.5, 0.6) is 0 Å². The summed E-state index contributed by atoms with van der Waals surface area (Å²) in [4.78, 5) is 23.4. The van der Waals surface area contributed by atoms with Gasteiger partial charge in [0.2, 0.25) is 0 Å². The summed E-state index contributed by atoms with van der Waals surface area (Å²) < 4.78 is 9.92. The minimum Gasteiger partial charge on any atom is -0.466 e. The van der Waals surface area contributed by atoms with Crippen LogP contribution in [0.15, 0.2) is 42.5 Å². The van der Waals surface area contributed by atoms with Gasteiger partial charge in [0.05, 0.1) is 7.11 Å². The van der Waals surface area contributed by atoms with Gasteiger partial charge in [0.25, 0.3) is 0 Å². The number of carbonyl (C=O) groups is 2. The van der Waals surface area contributed by atoms with E-state index in [9.17, 15) is 9.59 Å². The van der Waals surface area contributed by atoms with E-state index in [0.717, 1.165) is 5.56 Å². The van der Waals surface area contributed by atoms with Crippen molar-refractivity contribution in [1.82, 2.24) is 0 Å². The fourth-order valence-electron chi connectivity index (χ4n) is 1.59. The van der Waals surface area contributed by atoms with Gasteiger partial charge in [-0.1, -0.05) is 36.4 Å². The number of carbonyl (C=O) groups excluding carboxylic acids is 2. The molecule has 0 heterocycles. The van der Waals surface area contributed by atoms with Crippen molar-refractivity contribution in [2.24, 2.45) is 0 Å². The van der Waals surface area contributed by atoms with Crippen molar-refractivity contribution in [1.29, 1.82) is 0 Å². The van der Waals surface area contributed by atoms with Crippen molar-refractivity contribution in [3.05, 3.63) is 48.0 Å². The molecule has 0 saturated heterocycles. The molecular weight excluding hydrogens is 256 g/mol. The lowest BCUT2D eigenvalue weighted by atomic mass is 9.98. The minimum absolute atomic E-state index is 0.399. The molecule has 0 amide bonds. The maximum Gasteiger partial charge on any atom is 0.330 e. The molecule has 0 radical (unpaired) electrons. The Morgan fingerprint density at radius 2 is 1.75 bits per heavy atom. The van der Waals surface area contributed by atoms with Crippen LogP contribution in [0.25, 0.3) is 0 Å². The number of benzene rings is 1. The van der Waals surface area contributed by atoms with Gasteiger partial charge in [-0.15, -0.1) is 0 Å². The third kappa shape index (κ3) is 5.26. The summed E-state index contributed by atoms with van der Waals surface area (Å²) in [6, 6.07) is 9.16. The molecule has 1 rings (SSSR count). The zero-order valence-corrected chi connectivity index (χ0v) is 12.3. The highest BCUT2D eigenvalue weighted by Gasteiger charge is 2.24. The molecule has 4 heteroatoms. The first-order valence-electron chi connectivity index (χ1n) is 6.37. The lowest BCUT2D eigenvalue weighted by Crippen LogP contribution is -2.27. The molecule has 0 aliphatic carbocycles. The lowest BCUT2D eigenvalue weighted by Gasteiger charge is -2.22. The smallest absolute Gasteiger partial charge is 0.330 e. The normalized spacial score (nSPS) is 13.0. The monoisotopic (exact) mass is 276 g/mol. The zero-order valence-electron chi connectivity index (χ0n) is 12.3. The summed E-state index contributed by atoms with van der Waals surface area (Å²) in [6.45, 7) is 5.41. The van der Waals surface area contributed by atoms with Crippen LogP contribution in [0.4, 0.5) is 0 Å². The van der Waals surface area contributed by atoms with E-state index in [1.165, 1.54) is 19.3 Å². The highest BCUT2D eigenvalue weighted by Crippen LogP contribution is 2.22. The van der Waals surface area contributed by atoms with Crippen LogP contribution in [-0.4, -0.2) is 24.6 Å². The topological polar surface area (TPSA) is 52.6 Å². The number of esters is 2. The van der Waals surface area contributed by atoms with Crippen molar-refractivity contribution in [3.8, 4) is 0 Å². The molecule has 0 aromatic heterocycles. The molecular formula is C16H20O4. The molecule has 108 valence electrons. The molecule has 0 aliphatic rings. The first-order chi connectivity index (χ1) is 9.33. The molecule has 1 atom stereocenters. The van der Waals surface area contributed by atoms with E-state index in [4.69, 9.17) is 4.74 Å². The first kappa shape index (κ1) is 16.0. The standard InChI is InChI=1S/C16H20O4/c1-16(2,3)20-15(18)13(10-11-14(17)19-4)12-8-6-5-7-9-12/h5-11,13H,1-4H3/b11-10+. The van der Waals surface area contributed by atoms with Gasteiger partial charge in [-0.25, -0.2) is 4.79 Å². The van der Waals surface area contributed by atoms with E-state index in [0.29, 0.717) is 0 Å². The Morgan fingerprint density at radius 1 is 1.15 bits per heavy atom. The Labute approximate surface area is 119 Å². The molecule has 0 aliphatic heterocycles. The molecule has 0 saturated carbocycles. The van der Waals surface area contributed by atoms with Crippen LogP contribution in [0.2, 0.25) is 0 Å². The Kier molecular flexibility index (Phi) is 5.50. The van der Waals surface area contributed by atoms with Gasteiger partial charge in [0, 0.05) is 6.08 Å². The van der Waals surface area contributed by atoms with Gasteiger partial charge < -0.3 is 9.47 Å². The molecule has 0 bridgehead atoms. The Hall–Kier alpha value is -2.10. The summed E-state index contributed by atoms with van der Waals surface area (Å²) in [5.41, 5.74) is 0.186. The molecule has 0 N–H and O–H groups in total. The second-order valence-electron chi connectivity index (χ2n) is 5.30. The maximum atomic E-state index is 12.2. The summed E-state index contributed by atoms with van der Waals surface area (Å²) in [5.74, 6) is -1.53. The molecule has 0 spiro atoms. The fraction of sp³-hybridized carbons (Fsp3) is 0.375. The van der Waals surface area contributed by atoms with E-state index in [1.807, 2.05) is 30.3 Å². The van der Waals surface area contributed by atoms with Gasteiger partial charge in [0.1, 0.15) is 11.5 Å². The summed E-state index contributed by atoms with van der Waals surface area (Å²) in [6.07, 6.45) is 2.73. The van der Waals surface area contributed by atoms with Crippen LogP contribution < -0.4 is 0 Å². The predicted molar refractivity (Wildman–Crippen MR) is 76.2 cm³/mol. The molecule has 0 fully saturated rings. The molecule has 1 aromatic carbocycles. The van der Waals surface area contributed by atoms with Crippen molar-refractivity contribution < 1.29 is 19.1 Å². The van der Waals surface area contributed by atoms with Crippen LogP contribution in [0, 0.1) is 0 Å². The second kappa shape index (κ2) is 6.89. The molecule has 1 unspecified atom stereocenters. The Bertz CT molecular complexity index is 483. The van der Waals surface area contributed by atoms with E-state index in [1.54, 1.807) is 20.8 Å². The van der Waals surface area contributed by atoms with Crippen LogP contribution in [-0.2, 0) is 19.1 Å². The minimum atomic E-state index is -0.630. The van der Waals surface area contributed by atoms with Crippen molar-refractivity contribution in [2.75, 3.05) is 7.11 Å². The van der Waals surface area contributed by atoms with Gasteiger partial charge in [0.15, 0.2) is 0 Å². The summed E-state index contributed by atoms with van der Waals surface area (Å²) in [7, 11) is 1.29. The van der Waals surface area contributed by atoms with Crippen LogP contribution in [0.3, 0.4) is 0 Å². The lowest BCUT2D eigenvalue weighted by molar-refractivity contribution is -0.155.